The van der Waals surface area contributed by atoms with Crippen molar-refractivity contribution in [3.05, 3.63) is 388 Å². The van der Waals surface area contributed by atoms with Crippen molar-refractivity contribution in [3.8, 4) is 55.6 Å². The van der Waals surface area contributed by atoms with Crippen molar-refractivity contribution in [3.63, 3.8) is 0 Å². The van der Waals surface area contributed by atoms with Gasteiger partial charge >= 0.3 is 0 Å². The topological polar surface area (TPSA) is 30.5 Å². The zero-order chi connectivity index (χ0) is 66.6. The van der Waals surface area contributed by atoms with Crippen LogP contribution in [0.1, 0.15) is 0 Å². The number of nitrogens with one attached hydrogen (secondary N) is 2. The van der Waals surface area contributed by atoms with E-state index in [4.69, 9.17) is 0 Å². The second-order valence-electron chi connectivity index (χ2n) is 25.0. The third-order valence-electron chi connectivity index (χ3n) is 18.6. The van der Waals surface area contributed by atoms with Gasteiger partial charge in [0.2, 0.25) is 0 Å². The van der Waals surface area contributed by atoms with Gasteiger partial charge in [0.25, 0.3) is 0 Å². The maximum absolute atomic E-state index is 3.75. The number of hydrogen-bond donors (Lipinski definition) is 2. The summed E-state index contributed by atoms with van der Waals surface area (Å²) in [7, 11) is 0. The first-order valence-corrected chi connectivity index (χ1v) is 35.5. The number of nitrogens with zero attached hydrogens (tertiary/aromatic N) is 2. The van der Waals surface area contributed by atoms with E-state index in [9.17, 15) is 0 Å². The van der Waals surface area contributed by atoms with Crippen molar-refractivity contribution in [2.75, 3.05) is 20.4 Å². The zero-order valence-corrected chi connectivity index (χ0v) is 56.3. The smallest absolute Gasteiger partial charge is 0.0540 e. The Morgan fingerprint density at radius 2 is 0.540 bits per heavy atom. The van der Waals surface area contributed by atoms with Crippen molar-refractivity contribution in [2.45, 2.75) is 0 Å². The lowest BCUT2D eigenvalue weighted by molar-refractivity contribution is 1.28. The molecule has 4 nitrogen and oxygen atoms in total. The Bertz CT molecular complexity index is 5800. The van der Waals surface area contributed by atoms with Crippen LogP contribution in [0.2, 0.25) is 0 Å². The Morgan fingerprint density at radius 1 is 0.180 bits per heavy atom. The lowest BCUT2D eigenvalue weighted by Crippen LogP contribution is -2.10. The van der Waals surface area contributed by atoms with Crippen LogP contribution >= 0.6 is 22.7 Å². The molecule has 16 aromatic carbocycles. The molecule has 0 atom stereocenters. The van der Waals surface area contributed by atoms with E-state index < -0.39 is 0 Å². The minimum Gasteiger partial charge on any atom is -0.355 e. The van der Waals surface area contributed by atoms with Gasteiger partial charge in [-0.3, -0.25) is 0 Å². The first-order chi connectivity index (χ1) is 49.5. The third kappa shape index (κ3) is 12.8. The van der Waals surface area contributed by atoms with Gasteiger partial charge in [-0.25, -0.2) is 0 Å². The second kappa shape index (κ2) is 27.5. The molecule has 0 saturated heterocycles. The van der Waals surface area contributed by atoms with Crippen molar-refractivity contribution in [2.24, 2.45) is 0 Å². The van der Waals surface area contributed by atoms with Crippen molar-refractivity contribution < 1.29 is 0 Å². The molecular formula is C94H66N4S2. The molecule has 100 heavy (non-hydrogen) atoms. The summed E-state index contributed by atoms with van der Waals surface area (Å²) in [4.78, 5) is 4.68. The Morgan fingerprint density at radius 3 is 1.05 bits per heavy atom. The molecule has 0 unspecified atom stereocenters. The molecule has 0 aliphatic carbocycles. The largest absolute Gasteiger partial charge is 0.355 e. The number of fused-ring (bicyclic) bond motifs is 7. The summed E-state index contributed by atoms with van der Waals surface area (Å²) in [6, 6.07) is 139. The van der Waals surface area contributed by atoms with Gasteiger partial charge in [0.1, 0.15) is 0 Å². The van der Waals surface area contributed by atoms with Crippen molar-refractivity contribution in [1.29, 1.82) is 0 Å². The molecule has 0 saturated carbocycles. The van der Waals surface area contributed by atoms with E-state index in [1.54, 1.807) is 0 Å². The van der Waals surface area contributed by atoms with Crippen LogP contribution in [-0.2, 0) is 0 Å². The lowest BCUT2D eigenvalue weighted by Gasteiger charge is -2.27. The fourth-order valence-electron chi connectivity index (χ4n) is 13.7. The average molecular weight is 1320 g/mol. The molecule has 2 heterocycles. The Labute approximate surface area is 590 Å². The molecule has 0 aliphatic rings. The molecule has 2 aromatic heterocycles. The van der Waals surface area contributed by atoms with Gasteiger partial charge in [-0.2, -0.15) is 0 Å². The summed E-state index contributed by atoms with van der Waals surface area (Å²) < 4.78 is 5.12. The van der Waals surface area contributed by atoms with Crippen LogP contribution < -0.4 is 20.4 Å². The monoisotopic (exact) mass is 1310 g/mol. The minimum atomic E-state index is 1.07. The molecule has 18 aromatic rings. The normalized spacial score (nSPS) is 11.2. The Balaban J connectivity index is 0.000000153. The molecule has 2 N–H and O–H groups in total. The number of benzene rings is 16. The minimum absolute atomic E-state index is 1.07. The molecule has 474 valence electrons. The maximum atomic E-state index is 3.75. The summed E-state index contributed by atoms with van der Waals surface area (Å²) in [6.45, 7) is 0. The summed E-state index contributed by atoms with van der Waals surface area (Å²) >= 11 is 3.69. The van der Waals surface area contributed by atoms with E-state index in [1.807, 2.05) is 22.7 Å². The molecule has 0 aliphatic heterocycles. The number of thiophene rings is 2. The van der Waals surface area contributed by atoms with Crippen LogP contribution in [0, 0.1) is 0 Å². The predicted octanol–water partition coefficient (Wildman–Crippen LogP) is 28.0. The molecule has 0 radical (unpaired) electrons. The highest BCUT2D eigenvalue weighted by molar-refractivity contribution is 7.26. The highest BCUT2D eigenvalue weighted by Crippen LogP contribution is 2.45. The molecular weight excluding hydrogens is 1250 g/mol. The molecule has 6 heteroatoms. The van der Waals surface area contributed by atoms with Crippen LogP contribution in [0.4, 0.5) is 56.9 Å². The van der Waals surface area contributed by atoms with E-state index in [0.717, 1.165) is 56.9 Å². The summed E-state index contributed by atoms with van der Waals surface area (Å²) in [5, 5.41) is 14.9. The predicted molar refractivity (Wildman–Crippen MR) is 432 cm³/mol. The van der Waals surface area contributed by atoms with Crippen molar-refractivity contribution >= 4 is 131 Å². The number of hydrogen-bond acceptors (Lipinski definition) is 6. The summed E-state index contributed by atoms with van der Waals surface area (Å²) in [5.41, 5.74) is 23.2. The van der Waals surface area contributed by atoms with Gasteiger partial charge < -0.3 is 20.4 Å². The highest BCUT2D eigenvalue weighted by Gasteiger charge is 2.19. The maximum Gasteiger partial charge on any atom is 0.0540 e. The van der Waals surface area contributed by atoms with Gasteiger partial charge in [-0.15, -0.1) is 22.7 Å². The highest BCUT2D eigenvalue weighted by atomic mass is 32.1. The van der Waals surface area contributed by atoms with Crippen LogP contribution in [0.5, 0.6) is 0 Å². The fraction of sp³-hybridized carbons (Fsp3) is 0. The number of anilines is 10. The molecule has 0 fully saturated rings. The standard InChI is InChI=1S/C52H36N2S.C42H30N2S/c1-4-14-36(15-5-1)41-30-42(37-16-6-2-7-17-37)32-44(31-41)53-43-27-28-48-49-34-40(26-29-51(49)55-52(48)35-43)39-20-12-23-46(33-39)54(45-21-8-3-9-22-45)50-25-13-19-38-18-10-11-24-47(38)50;1-4-11-30(12-5-1)31-19-22-34(23-20-31)43-35-24-25-39-40-28-33(21-26-41(40)45-42(39)29-35)32-13-10-18-38(27-32)44(36-14-6-2-7-15-36)37-16-8-3-9-17-37/h1-35,53H;1-29,43H. The van der Waals surface area contributed by atoms with Crippen molar-refractivity contribution in [1.82, 2.24) is 0 Å². The third-order valence-corrected chi connectivity index (χ3v) is 20.9. The summed E-state index contributed by atoms with van der Waals surface area (Å²) in [6.07, 6.45) is 0. The van der Waals surface area contributed by atoms with E-state index >= 15 is 0 Å². The number of para-hydroxylation sites is 3. The van der Waals surface area contributed by atoms with Gasteiger partial charge in [-0.1, -0.05) is 243 Å². The second-order valence-corrected chi connectivity index (χ2v) is 27.2. The van der Waals surface area contributed by atoms with Gasteiger partial charge in [-0.05, 0) is 207 Å². The van der Waals surface area contributed by atoms with Crippen LogP contribution in [0.25, 0.3) is 107 Å². The molecule has 0 bridgehead atoms. The summed E-state index contributed by atoms with van der Waals surface area (Å²) in [5.74, 6) is 0. The first-order valence-electron chi connectivity index (χ1n) is 33.8. The SMILES string of the molecule is c1ccc(-c2cc(Nc3ccc4c(c3)sc3ccc(-c5cccc(N(c6ccccc6)c6cccc7ccccc67)c5)cc34)cc(-c3ccccc3)c2)cc1.c1ccc(-c2ccc(Nc3ccc4c(c3)sc3ccc(-c5cccc(N(c6ccccc6)c6ccccc6)c5)cc34)cc2)cc1. The van der Waals surface area contributed by atoms with Crippen LogP contribution in [0.3, 0.4) is 0 Å². The number of rotatable bonds is 15. The fourth-order valence-corrected chi connectivity index (χ4v) is 16.0. The molecule has 18 rings (SSSR count). The van der Waals surface area contributed by atoms with Gasteiger partial charge in [0, 0.05) is 96.9 Å². The van der Waals surface area contributed by atoms with E-state index in [0.29, 0.717) is 0 Å². The van der Waals surface area contributed by atoms with Gasteiger partial charge in [0.15, 0.2) is 0 Å². The van der Waals surface area contributed by atoms with Gasteiger partial charge in [0.05, 0.1) is 5.69 Å². The van der Waals surface area contributed by atoms with Crippen LogP contribution in [-0.4, -0.2) is 0 Å². The quantitative estimate of drug-likeness (QED) is 0.107. The van der Waals surface area contributed by atoms with E-state index in [2.05, 4.69) is 409 Å². The molecule has 0 amide bonds. The lowest BCUT2D eigenvalue weighted by atomic mass is 9.98. The van der Waals surface area contributed by atoms with Crippen LogP contribution in [0.15, 0.2) is 388 Å². The van der Waals surface area contributed by atoms with E-state index in [1.165, 1.54) is 107 Å². The van der Waals surface area contributed by atoms with E-state index in [-0.39, 0.29) is 0 Å². The average Bonchev–Trinajstić information content (AvgIpc) is 1.53. The Kier molecular flexibility index (Phi) is 16.8. The first kappa shape index (κ1) is 61.0. The molecule has 0 spiro atoms. The zero-order valence-electron chi connectivity index (χ0n) is 54.7. The Hall–Kier alpha value is -12.6.